The van der Waals surface area contributed by atoms with Crippen LogP contribution in [0.5, 0.6) is 0 Å². The monoisotopic (exact) mass is 241 g/mol. The molecule has 0 aliphatic rings. The molecule has 0 rings (SSSR count). The Balaban J connectivity index is 3.92. The second kappa shape index (κ2) is 5.33. The minimum atomic E-state index is -3.33. The van der Waals surface area contributed by atoms with Crippen LogP contribution in [0.1, 0.15) is 33.6 Å². The highest BCUT2D eigenvalue weighted by Gasteiger charge is 2.20. The highest BCUT2D eigenvalue weighted by atomic mass is 35.7. The highest BCUT2D eigenvalue weighted by molar-refractivity contribution is 8.13. The second-order valence-corrected chi connectivity index (χ2v) is 7.08. The van der Waals surface area contributed by atoms with E-state index in [4.69, 9.17) is 10.7 Å². The van der Waals surface area contributed by atoms with Crippen LogP contribution in [0.15, 0.2) is 0 Å². The lowest BCUT2D eigenvalue weighted by Crippen LogP contribution is -2.41. The summed E-state index contributed by atoms with van der Waals surface area (Å²) < 4.78 is 21.4. The molecule has 3 nitrogen and oxygen atoms in total. The van der Waals surface area contributed by atoms with Crippen LogP contribution in [0.2, 0.25) is 0 Å². The fraction of sp³-hybridized carbons (Fsp3) is 1.00. The van der Waals surface area contributed by atoms with Gasteiger partial charge in [-0.15, -0.1) is 0 Å². The van der Waals surface area contributed by atoms with Crippen LogP contribution in [0, 0.1) is 0 Å². The summed E-state index contributed by atoms with van der Waals surface area (Å²) in [7, 11) is 3.80. The summed E-state index contributed by atoms with van der Waals surface area (Å²) in [6.07, 6.45) is 1.63. The Bertz CT molecular complexity index is 262. The number of halogens is 1. The fourth-order valence-electron chi connectivity index (χ4n) is 1.05. The molecule has 0 aromatic carbocycles. The molecule has 0 atom stereocenters. The van der Waals surface area contributed by atoms with Gasteiger partial charge in [-0.1, -0.05) is 6.92 Å². The molecule has 0 aliphatic heterocycles. The SMILES string of the molecule is CCC(C)(C)N(C)CCCS(=O)(=O)Cl. The number of hydrogen-bond acceptors (Lipinski definition) is 3. The topological polar surface area (TPSA) is 37.4 Å². The third-order valence-electron chi connectivity index (χ3n) is 2.78. The molecule has 0 saturated heterocycles. The highest BCUT2D eigenvalue weighted by Crippen LogP contribution is 2.16. The van der Waals surface area contributed by atoms with Crippen molar-refractivity contribution in [3.05, 3.63) is 0 Å². The zero-order valence-corrected chi connectivity index (χ0v) is 11.0. The Morgan fingerprint density at radius 2 is 1.86 bits per heavy atom. The van der Waals surface area contributed by atoms with Crippen molar-refractivity contribution in [1.82, 2.24) is 4.90 Å². The van der Waals surface area contributed by atoms with E-state index in [0.717, 1.165) is 13.0 Å². The van der Waals surface area contributed by atoms with Crippen LogP contribution in [0.25, 0.3) is 0 Å². The molecular weight excluding hydrogens is 222 g/mol. The van der Waals surface area contributed by atoms with E-state index in [1.54, 1.807) is 0 Å². The average Bonchev–Trinajstić information content (AvgIpc) is 2.02. The standard InChI is InChI=1S/C9H20ClNO2S/c1-5-9(2,3)11(4)7-6-8-14(10,12)13/h5-8H2,1-4H3. The zero-order chi connectivity index (χ0) is 11.4. The quantitative estimate of drug-likeness (QED) is 0.668. The normalized spacial score (nSPS) is 13.6. The molecule has 0 aromatic heterocycles. The van der Waals surface area contributed by atoms with E-state index in [9.17, 15) is 8.42 Å². The van der Waals surface area contributed by atoms with Crippen molar-refractivity contribution in [2.24, 2.45) is 0 Å². The first-order chi connectivity index (χ1) is 6.19. The fourth-order valence-corrected chi connectivity index (χ4v) is 1.85. The Kier molecular flexibility index (Phi) is 5.41. The van der Waals surface area contributed by atoms with Gasteiger partial charge >= 0.3 is 0 Å². The molecule has 0 bridgehead atoms. The zero-order valence-electron chi connectivity index (χ0n) is 9.38. The second-order valence-electron chi connectivity index (χ2n) is 4.18. The molecular formula is C9H20ClNO2S. The summed E-state index contributed by atoms with van der Waals surface area (Å²) >= 11 is 0. The van der Waals surface area contributed by atoms with Crippen LogP contribution >= 0.6 is 10.7 Å². The summed E-state index contributed by atoms with van der Waals surface area (Å²) in [6, 6.07) is 0. The third kappa shape index (κ3) is 5.83. The summed E-state index contributed by atoms with van der Waals surface area (Å²) in [6.45, 7) is 7.16. The van der Waals surface area contributed by atoms with E-state index >= 15 is 0 Å². The smallest absolute Gasteiger partial charge is 0.232 e. The van der Waals surface area contributed by atoms with Gasteiger partial charge in [0.15, 0.2) is 0 Å². The van der Waals surface area contributed by atoms with Crippen molar-refractivity contribution in [2.75, 3.05) is 19.3 Å². The Labute approximate surface area is 91.9 Å². The molecule has 0 aliphatic carbocycles. The van der Waals surface area contributed by atoms with E-state index in [0.29, 0.717) is 6.42 Å². The summed E-state index contributed by atoms with van der Waals surface area (Å²) in [5, 5.41) is 0. The lowest BCUT2D eigenvalue weighted by atomic mass is 10.00. The molecule has 0 radical (unpaired) electrons. The number of hydrogen-bond donors (Lipinski definition) is 0. The van der Waals surface area contributed by atoms with E-state index in [1.165, 1.54) is 0 Å². The first-order valence-corrected chi connectivity index (χ1v) is 7.30. The number of nitrogens with zero attached hydrogens (tertiary/aromatic N) is 1. The summed E-state index contributed by atoms with van der Waals surface area (Å²) in [5.74, 6) is 0.0543. The Morgan fingerprint density at radius 3 is 2.21 bits per heavy atom. The van der Waals surface area contributed by atoms with Crippen molar-refractivity contribution >= 4 is 19.7 Å². The summed E-state index contributed by atoms with van der Waals surface area (Å²) in [5.41, 5.74) is 0.121. The van der Waals surface area contributed by atoms with Crippen molar-refractivity contribution in [1.29, 1.82) is 0 Å². The first-order valence-electron chi connectivity index (χ1n) is 4.82. The van der Waals surface area contributed by atoms with Crippen molar-refractivity contribution in [2.45, 2.75) is 39.2 Å². The predicted octanol–water partition coefficient (Wildman–Crippen LogP) is 2.07. The molecule has 0 unspecified atom stereocenters. The van der Waals surface area contributed by atoms with Gasteiger partial charge in [0.05, 0.1) is 5.75 Å². The molecule has 0 aromatic rings. The Morgan fingerprint density at radius 1 is 1.36 bits per heavy atom. The minimum Gasteiger partial charge on any atom is -0.301 e. The van der Waals surface area contributed by atoms with Gasteiger partial charge in [-0.3, -0.25) is 0 Å². The summed E-state index contributed by atoms with van der Waals surface area (Å²) in [4.78, 5) is 2.16. The maximum absolute atomic E-state index is 10.7. The molecule has 5 heteroatoms. The average molecular weight is 242 g/mol. The van der Waals surface area contributed by atoms with Gasteiger partial charge in [-0.25, -0.2) is 8.42 Å². The van der Waals surface area contributed by atoms with Crippen LogP contribution < -0.4 is 0 Å². The lowest BCUT2D eigenvalue weighted by Gasteiger charge is -2.34. The van der Waals surface area contributed by atoms with Crippen molar-refractivity contribution in [3.8, 4) is 0 Å². The molecule has 0 saturated carbocycles. The predicted molar refractivity (Wildman–Crippen MR) is 61.3 cm³/mol. The maximum Gasteiger partial charge on any atom is 0.232 e. The molecule has 0 heterocycles. The van der Waals surface area contributed by atoms with Gasteiger partial charge < -0.3 is 4.90 Å². The van der Waals surface area contributed by atoms with E-state index in [2.05, 4.69) is 25.7 Å². The van der Waals surface area contributed by atoms with E-state index in [1.807, 2.05) is 7.05 Å². The largest absolute Gasteiger partial charge is 0.301 e. The molecule has 0 N–H and O–H groups in total. The first kappa shape index (κ1) is 14.2. The van der Waals surface area contributed by atoms with Gasteiger partial charge in [0, 0.05) is 16.2 Å². The Hall–Kier alpha value is 0.200. The van der Waals surface area contributed by atoms with Gasteiger partial charge in [-0.05, 0) is 40.3 Å². The minimum absolute atomic E-state index is 0.0543. The molecule has 0 spiro atoms. The number of rotatable bonds is 6. The van der Waals surface area contributed by atoms with Gasteiger partial charge in [0.1, 0.15) is 0 Å². The molecule has 0 fully saturated rings. The van der Waals surface area contributed by atoms with Gasteiger partial charge in [0.2, 0.25) is 9.05 Å². The van der Waals surface area contributed by atoms with Crippen LogP contribution in [0.3, 0.4) is 0 Å². The van der Waals surface area contributed by atoms with Gasteiger partial charge in [0.25, 0.3) is 0 Å². The molecule has 14 heavy (non-hydrogen) atoms. The van der Waals surface area contributed by atoms with E-state index < -0.39 is 9.05 Å². The van der Waals surface area contributed by atoms with Crippen molar-refractivity contribution in [3.63, 3.8) is 0 Å². The van der Waals surface area contributed by atoms with Crippen molar-refractivity contribution < 1.29 is 8.42 Å². The van der Waals surface area contributed by atoms with Crippen LogP contribution in [-0.2, 0) is 9.05 Å². The van der Waals surface area contributed by atoms with Crippen LogP contribution in [0.4, 0.5) is 0 Å². The maximum atomic E-state index is 10.7. The molecule has 86 valence electrons. The van der Waals surface area contributed by atoms with Gasteiger partial charge in [-0.2, -0.15) is 0 Å². The molecule has 0 amide bonds. The van der Waals surface area contributed by atoms with Crippen LogP contribution in [-0.4, -0.2) is 38.2 Å². The third-order valence-corrected chi connectivity index (χ3v) is 4.02. The van der Waals surface area contributed by atoms with E-state index in [-0.39, 0.29) is 11.3 Å². The lowest BCUT2D eigenvalue weighted by molar-refractivity contribution is 0.152.